The third-order valence-electron chi connectivity index (χ3n) is 4.71. The molecule has 0 saturated carbocycles. The van der Waals surface area contributed by atoms with E-state index in [4.69, 9.17) is 9.47 Å². The fraction of sp³-hybridized carbons (Fsp3) is 0.522. The zero-order chi connectivity index (χ0) is 21.4. The second kappa shape index (κ2) is 10.2. The number of carbonyl (C=O) groups excluding carboxylic acids is 3. The van der Waals surface area contributed by atoms with Crippen LogP contribution < -0.4 is 0 Å². The van der Waals surface area contributed by atoms with Crippen molar-refractivity contribution in [2.75, 3.05) is 13.7 Å². The molecule has 6 nitrogen and oxygen atoms in total. The first kappa shape index (κ1) is 22.7. The fourth-order valence-electron chi connectivity index (χ4n) is 3.17. The van der Waals surface area contributed by atoms with E-state index in [9.17, 15) is 14.4 Å². The highest BCUT2D eigenvalue weighted by Gasteiger charge is 2.29. The molecule has 0 aromatic heterocycles. The van der Waals surface area contributed by atoms with E-state index in [0.29, 0.717) is 19.3 Å². The Morgan fingerprint density at radius 3 is 2.52 bits per heavy atom. The zero-order valence-corrected chi connectivity index (χ0v) is 17.7. The van der Waals surface area contributed by atoms with Gasteiger partial charge < -0.3 is 14.4 Å². The predicted molar refractivity (Wildman–Crippen MR) is 110 cm³/mol. The standard InChI is InChI=1S/C23H31NO5/c1-23(2,3)29-21(26)15-18-13-9-6-10-14-20(25)24(4)19(16-28-22(18)27)17-11-7-5-8-12-17/h5-9,11-12,18-19H,10,13-16H2,1-4H3/b9-6+/t18-,19-/m0/s1. The highest BCUT2D eigenvalue weighted by atomic mass is 16.6. The molecular formula is C23H31NO5. The van der Waals surface area contributed by atoms with Gasteiger partial charge in [0.2, 0.25) is 5.91 Å². The molecule has 0 unspecified atom stereocenters. The van der Waals surface area contributed by atoms with Crippen molar-refractivity contribution < 1.29 is 23.9 Å². The summed E-state index contributed by atoms with van der Waals surface area (Å²) in [5.41, 5.74) is 0.288. The summed E-state index contributed by atoms with van der Waals surface area (Å²) in [6, 6.07) is 9.12. The Labute approximate surface area is 172 Å². The van der Waals surface area contributed by atoms with Crippen LogP contribution in [0.25, 0.3) is 0 Å². The van der Waals surface area contributed by atoms with Gasteiger partial charge >= 0.3 is 11.9 Å². The largest absolute Gasteiger partial charge is 0.463 e. The molecule has 0 spiro atoms. The number of carbonyl (C=O) groups is 3. The summed E-state index contributed by atoms with van der Waals surface area (Å²) < 4.78 is 10.9. The molecule has 6 heteroatoms. The molecule has 2 atom stereocenters. The van der Waals surface area contributed by atoms with E-state index in [1.54, 1.807) is 32.7 Å². The van der Waals surface area contributed by atoms with Gasteiger partial charge in [-0.3, -0.25) is 14.4 Å². The SMILES string of the molecule is CN1C(=O)CC/C=C/C[C@@H](CC(=O)OC(C)(C)C)C(=O)OC[C@H]1c1ccccc1. The van der Waals surface area contributed by atoms with Crippen LogP contribution in [0.4, 0.5) is 0 Å². The average molecular weight is 402 g/mol. The molecule has 0 saturated heterocycles. The van der Waals surface area contributed by atoms with Crippen LogP contribution in [0.1, 0.15) is 58.1 Å². The van der Waals surface area contributed by atoms with E-state index in [0.717, 1.165) is 5.56 Å². The van der Waals surface area contributed by atoms with Gasteiger partial charge in [0.15, 0.2) is 0 Å². The van der Waals surface area contributed by atoms with E-state index in [1.807, 2.05) is 42.5 Å². The predicted octanol–water partition coefficient (Wildman–Crippen LogP) is 3.82. The Hall–Kier alpha value is -2.63. The summed E-state index contributed by atoms with van der Waals surface area (Å²) in [7, 11) is 1.72. The number of hydrogen-bond donors (Lipinski definition) is 0. The maximum atomic E-state index is 12.7. The third-order valence-corrected chi connectivity index (χ3v) is 4.71. The van der Waals surface area contributed by atoms with Crippen molar-refractivity contribution in [2.45, 2.75) is 58.1 Å². The second-order valence-corrected chi connectivity index (χ2v) is 8.29. The van der Waals surface area contributed by atoms with Crippen molar-refractivity contribution in [1.82, 2.24) is 4.90 Å². The lowest BCUT2D eigenvalue weighted by molar-refractivity contribution is -0.162. The van der Waals surface area contributed by atoms with E-state index < -0.39 is 23.5 Å². The Morgan fingerprint density at radius 2 is 1.86 bits per heavy atom. The molecule has 1 aliphatic rings. The molecule has 0 aliphatic carbocycles. The minimum atomic E-state index is -0.613. The first-order valence-corrected chi connectivity index (χ1v) is 10.0. The molecule has 1 aromatic carbocycles. The van der Waals surface area contributed by atoms with Crippen LogP contribution in [-0.2, 0) is 23.9 Å². The molecule has 158 valence electrons. The van der Waals surface area contributed by atoms with Crippen LogP contribution in [0.3, 0.4) is 0 Å². The fourth-order valence-corrected chi connectivity index (χ4v) is 3.17. The number of benzene rings is 1. The Balaban J connectivity index is 2.18. The number of esters is 2. The maximum Gasteiger partial charge on any atom is 0.309 e. The number of likely N-dealkylation sites (N-methyl/N-ethyl adjacent to an activating group) is 1. The van der Waals surface area contributed by atoms with E-state index in [1.165, 1.54) is 0 Å². The Kier molecular flexibility index (Phi) is 8.00. The van der Waals surface area contributed by atoms with Crippen LogP contribution in [-0.4, -0.2) is 42.0 Å². The topological polar surface area (TPSA) is 72.9 Å². The summed E-state index contributed by atoms with van der Waals surface area (Å²) in [6.07, 6.45) is 5.00. The van der Waals surface area contributed by atoms with Crippen LogP contribution in [0.2, 0.25) is 0 Å². The van der Waals surface area contributed by atoms with E-state index in [-0.39, 0.29) is 25.0 Å². The van der Waals surface area contributed by atoms with Crippen LogP contribution in [0.15, 0.2) is 42.5 Å². The van der Waals surface area contributed by atoms with E-state index >= 15 is 0 Å². The van der Waals surface area contributed by atoms with Gasteiger partial charge in [0.05, 0.1) is 18.4 Å². The van der Waals surface area contributed by atoms with Gasteiger partial charge in [-0.2, -0.15) is 0 Å². The first-order valence-electron chi connectivity index (χ1n) is 10.0. The van der Waals surface area contributed by atoms with Gasteiger partial charge in [-0.25, -0.2) is 0 Å². The molecule has 1 amide bonds. The summed E-state index contributed by atoms with van der Waals surface area (Å²) in [5.74, 6) is -1.50. The van der Waals surface area contributed by atoms with E-state index in [2.05, 4.69) is 0 Å². The van der Waals surface area contributed by atoms with Gasteiger partial charge in [-0.1, -0.05) is 42.5 Å². The highest BCUT2D eigenvalue weighted by molar-refractivity contribution is 5.80. The van der Waals surface area contributed by atoms with Crippen LogP contribution in [0.5, 0.6) is 0 Å². The third kappa shape index (κ3) is 7.37. The molecule has 0 radical (unpaired) electrons. The maximum absolute atomic E-state index is 12.7. The molecule has 1 aliphatic heterocycles. The molecule has 2 rings (SSSR count). The quantitative estimate of drug-likeness (QED) is 0.569. The molecule has 0 bridgehead atoms. The number of allylic oxidation sites excluding steroid dienone is 2. The van der Waals surface area contributed by atoms with Gasteiger partial charge in [0.1, 0.15) is 12.2 Å². The van der Waals surface area contributed by atoms with Gasteiger partial charge in [-0.05, 0) is 39.2 Å². The van der Waals surface area contributed by atoms with Crippen molar-refractivity contribution in [3.63, 3.8) is 0 Å². The monoisotopic (exact) mass is 401 g/mol. The van der Waals surface area contributed by atoms with Crippen molar-refractivity contribution in [1.29, 1.82) is 0 Å². The molecule has 29 heavy (non-hydrogen) atoms. The number of rotatable bonds is 3. The first-order chi connectivity index (χ1) is 13.7. The lowest BCUT2D eigenvalue weighted by atomic mass is 10.00. The molecular weight excluding hydrogens is 370 g/mol. The summed E-state index contributed by atoms with van der Waals surface area (Å²) in [5, 5.41) is 0. The van der Waals surface area contributed by atoms with Crippen molar-refractivity contribution in [3.8, 4) is 0 Å². The Bertz CT molecular complexity index is 735. The van der Waals surface area contributed by atoms with Gasteiger partial charge in [0.25, 0.3) is 0 Å². The number of hydrogen-bond acceptors (Lipinski definition) is 5. The lowest BCUT2D eigenvalue weighted by Gasteiger charge is -2.29. The number of nitrogens with zero attached hydrogens (tertiary/aromatic N) is 1. The molecule has 0 N–H and O–H groups in total. The van der Waals surface area contributed by atoms with Crippen molar-refractivity contribution >= 4 is 17.8 Å². The summed E-state index contributed by atoms with van der Waals surface area (Å²) in [6.45, 7) is 5.42. The lowest BCUT2D eigenvalue weighted by Crippen LogP contribution is -2.35. The van der Waals surface area contributed by atoms with Crippen LogP contribution >= 0.6 is 0 Å². The zero-order valence-electron chi connectivity index (χ0n) is 17.7. The second-order valence-electron chi connectivity index (χ2n) is 8.29. The highest BCUT2D eigenvalue weighted by Crippen LogP contribution is 2.24. The molecule has 0 fully saturated rings. The minimum absolute atomic E-state index is 0.00886. The number of amides is 1. The van der Waals surface area contributed by atoms with Gasteiger partial charge in [-0.15, -0.1) is 0 Å². The minimum Gasteiger partial charge on any atom is -0.463 e. The van der Waals surface area contributed by atoms with Gasteiger partial charge in [0, 0.05) is 13.5 Å². The molecule has 1 heterocycles. The smallest absolute Gasteiger partial charge is 0.309 e. The average Bonchev–Trinajstić information content (AvgIpc) is 2.65. The summed E-state index contributed by atoms with van der Waals surface area (Å²) in [4.78, 5) is 39.1. The van der Waals surface area contributed by atoms with Crippen molar-refractivity contribution in [3.05, 3.63) is 48.0 Å². The number of cyclic esters (lactones) is 1. The summed E-state index contributed by atoms with van der Waals surface area (Å²) >= 11 is 0. The molecule has 1 aromatic rings. The normalized spacial score (nSPS) is 22.8. The van der Waals surface area contributed by atoms with Crippen LogP contribution in [0, 0.1) is 5.92 Å². The van der Waals surface area contributed by atoms with Crippen molar-refractivity contribution in [2.24, 2.45) is 5.92 Å². The Morgan fingerprint density at radius 1 is 1.17 bits per heavy atom. The number of ether oxygens (including phenoxy) is 2.